The molecule has 0 amide bonds. The summed E-state index contributed by atoms with van der Waals surface area (Å²) in [6.45, 7) is 7.59. The summed E-state index contributed by atoms with van der Waals surface area (Å²) in [5.41, 5.74) is 4.59. The van der Waals surface area contributed by atoms with E-state index in [9.17, 15) is 4.79 Å². The number of imidazole rings is 2. The van der Waals surface area contributed by atoms with Crippen LogP contribution in [-0.2, 0) is 19.5 Å². The highest BCUT2D eigenvalue weighted by Gasteiger charge is 2.19. The Kier molecular flexibility index (Phi) is 6.57. The van der Waals surface area contributed by atoms with Gasteiger partial charge in [-0.05, 0) is 45.5 Å². The molecule has 0 aliphatic carbocycles. The van der Waals surface area contributed by atoms with E-state index in [0.29, 0.717) is 24.2 Å². The van der Waals surface area contributed by atoms with Gasteiger partial charge in [0.1, 0.15) is 0 Å². The van der Waals surface area contributed by atoms with E-state index in [1.807, 2.05) is 58.1 Å². The lowest BCUT2D eigenvalue weighted by atomic mass is 9.96. The fourth-order valence-electron chi connectivity index (χ4n) is 4.54. The molecule has 5 aromatic rings. The van der Waals surface area contributed by atoms with E-state index in [4.69, 9.17) is 0 Å². The van der Waals surface area contributed by atoms with E-state index in [1.54, 1.807) is 17.0 Å². The highest BCUT2D eigenvalue weighted by molar-refractivity contribution is 5.81. The minimum atomic E-state index is -0.114. The highest BCUT2D eigenvalue weighted by Crippen LogP contribution is 2.32. The van der Waals surface area contributed by atoms with E-state index in [-0.39, 0.29) is 5.69 Å². The van der Waals surface area contributed by atoms with E-state index in [1.165, 1.54) is 0 Å². The number of tetrazole rings is 1. The van der Waals surface area contributed by atoms with Gasteiger partial charge in [0, 0.05) is 48.8 Å². The number of hydrogen-bond acceptors (Lipinski definition) is 6. The Morgan fingerprint density at radius 2 is 1.89 bits per heavy atom. The molecule has 0 bridgehead atoms. The van der Waals surface area contributed by atoms with Gasteiger partial charge in [-0.15, -0.1) is 5.10 Å². The topological polar surface area (TPSA) is 112 Å². The van der Waals surface area contributed by atoms with Crippen LogP contribution >= 0.6 is 0 Å². The molecule has 4 heterocycles. The molecule has 0 fully saturated rings. The molecule has 5 rings (SSSR count). The Morgan fingerprint density at radius 3 is 2.64 bits per heavy atom. The second kappa shape index (κ2) is 10.1. The van der Waals surface area contributed by atoms with E-state index in [2.05, 4.69) is 51.4 Å². The van der Waals surface area contributed by atoms with Gasteiger partial charge in [0.2, 0.25) is 5.95 Å². The van der Waals surface area contributed by atoms with Crippen LogP contribution in [-0.4, -0.2) is 44.3 Å². The van der Waals surface area contributed by atoms with Gasteiger partial charge in [-0.25, -0.2) is 19.4 Å². The molecular weight excluding hydrogens is 454 g/mol. The molecular formula is C26H29N9O. The Balaban J connectivity index is 1.59. The van der Waals surface area contributed by atoms with Crippen molar-refractivity contribution < 1.29 is 0 Å². The fraction of sp³-hybridized carbons (Fsp3) is 0.308. The lowest BCUT2D eigenvalue weighted by Crippen LogP contribution is -2.27. The van der Waals surface area contributed by atoms with Gasteiger partial charge >= 0.3 is 5.69 Å². The first-order valence-corrected chi connectivity index (χ1v) is 12.2. The van der Waals surface area contributed by atoms with Crippen molar-refractivity contribution >= 4 is 0 Å². The Bertz CT molecular complexity index is 1510. The molecule has 0 aliphatic rings. The Hall–Kier alpha value is -4.34. The van der Waals surface area contributed by atoms with Crippen LogP contribution in [0.5, 0.6) is 0 Å². The molecule has 10 heteroatoms. The van der Waals surface area contributed by atoms with Gasteiger partial charge in [0.15, 0.2) is 5.82 Å². The summed E-state index contributed by atoms with van der Waals surface area (Å²) in [5, 5.41) is 14.4. The summed E-state index contributed by atoms with van der Waals surface area (Å²) in [6.07, 6.45) is 10.9. The normalized spacial score (nSPS) is 11.4. The second-order valence-corrected chi connectivity index (χ2v) is 9.21. The molecule has 0 spiro atoms. The molecule has 1 aromatic carbocycles. The summed E-state index contributed by atoms with van der Waals surface area (Å²) >= 11 is 0. The van der Waals surface area contributed by atoms with Gasteiger partial charge in [0.25, 0.3) is 0 Å². The number of aryl methyl sites for hydroxylation is 1. The monoisotopic (exact) mass is 483 g/mol. The second-order valence-electron chi connectivity index (χ2n) is 9.21. The smallest absolute Gasteiger partial charge is 0.316 e. The van der Waals surface area contributed by atoms with Crippen molar-refractivity contribution in [1.82, 2.24) is 44.3 Å². The maximum Gasteiger partial charge on any atom is 0.335 e. The lowest BCUT2D eigenvalue weighted by Gasteiger charge is -2.14. The number of H-pyrrole nitrogens is 1. The number of rotatable bonds is 9. The minimum Gasteiger partial charge on any atom is -0.316 e. The largest absolute Gasteiger partial charge is 0.335 e. The van der Waals surface area contributed by atoms with E-state index in [0.717, 1.165) is 47.3 Å². The summed E-state index contributed by atoms with van der Waals surface area (Å²) < 4.78 is 5.53. The first-order chi connectivity index (χ1) is 17.6. The standard InChI is InChI=1S/C26H29N9O/c1-4-7-20-17-35(25-28-12-13-33(25)15-18(2)3)26(36)34(20)16-19-14-27-11-10-21(19)22-8-5-6-9-23(22)24-29-31-32-30-24/h5-6,8-14,17-18H,4,7,15-16H2,1-3H3,(H,29,30,31,32). The zero-order valence-electron chi connectivity index (χ0n) is 20.7. The van der Waals surface area contributed by atoms with Gasteiger partial charge in [-0.2, -0.15) is 0 Å². The van der Waals surface area contributed by atoms with Crippen molar-refractivity contribution in [2.24, 2.45) is 5.92 Å². The third-order valence-corrected chi connectivity index (χ3v) is 6.09. The first kappa shape index (κ1) is 23.4. The van der Waals surface area contributed by atoms with Crippen molar-refractivity contribution in [3.8, 4) is 28.5 Å². The van der Waals surface area contributed by atoms with Crippen LogP contribution in [0.2, 0.25) is 0 Å². The number of nitrogens with zero attached hydrogens (tertiary/aromatic N) is 8. The fourth-order valence-corrected chi connectivity index (χ4v) is 4.54. The van der Waals surface area contributed by atoms with Crippen LogP contribution in [0.15, 0.2) is 66.1 Å². The quantitative estimate of drug-likeness (QED) is 0.342. The third-order valence-electron chi connectivity index (χ3n) is 6.09. The van der Waals surface area contributed by atoms with Crippen molar-refractivity contribution in [3.63, 3.8) is 0 Å². The Morgan fingerprint density at radius 1 is 1.06 bits per heavy atom. The SMILES string of the molecule is CCCc1cn(-c2nccn2CC(C)C)c(=O)n1Cc1cnccc1-c1ccccc1-c1nnn[nH]1. The van der Waals surface area contributed by atoms with Crippen LogP contribution < -0.4 is 5.69 Å². The number of nitrogens with one attached hydrogen (secondary N) is 1. The first-order valence-electron chi connectivity index (χ1n) is 12.2. The van der Waals surface area contributed by atoms with Crippen LogP contribution in [0, 0.1) is 5.92 Å². The number of pyridine rings is 1. The van der Waals surface area contributed by atoms with E-state index >= 15 is 0 Å². The predicted molar refractivity (Wildman–Crippen MR) is 137 cm³/mol. The van der Waals surface area contributed by atoms with Crippen LogP contribution in [0.4, 0.5) is 0 Å². The molecule has 0 saturated carbocycles. The van der Waals surface area contributed by atoms with Crippen molar-refractivity contribution in [2.75, 3.05) is 0 Å². The van der Waals surface area contributed by atoms with Crippen LogP contribution in [0.3, 0.4) is 0 Å². The molecule has 0 atom stereocenters. The summed E-state index contributed by atoms with van der Waals surface area (Å²) in [5.74, 6) is 1.66. The molecule has 0 aliphatic heterocycles. The molecule has 4 aromatic heterocycles. The number of hydrogen-bond donors (Lipinski definition) is 1. The zero-order chi connectivity index (χ0) is 25.1. The molecule has 184 valence electrons. The minimum absolute atomic E-state index is 0.114. The van der Waals surface area contributed by atoms with Gasteiger partial charge in [0.05, 0.1) is 6.54 Å². The van der Waals surface area contributed by atoms with Gasteiger partial charge in [-0.1, -0.05) is 51.5 Å². The van der Waals surface area contributed by atoms with Crippen molar-refractivity contribution in [3.05, 3.63) is 83.1 Å². The maximum absolute atomic E-state index is 13.7. The van der Waals surface area contributed by atoms with Crippen LogP contribution in [0.1, 0.15) is 38.4 Å². The molecule has 1 N–H and O–H groups in total. The molecule has 0 radical (unpaired) electrons. The average molecular weight is 484 g/mol. The van der Waals surface area contributed by atoms with Gasteiger partial charge in [-0.3, -0.25) is 9.55 Å². The number of aromatic amines is 1. The molecule has 10 nitrogen and oxygen atoms in total. The molecule has 0 saturated heterocycles. The number of benzene rings is 1. The van der Waals surface area contributed by atoms with Gasteiger partial charge < -0.3 is 4.57 Å². The number of aromatic nitrogens is 9. The molecule has 36 heavy (non-hydrogen) atoms. The van der Waals surface area contributed by atoms with Crippen LogP contribution in [0.25, 0.3) is 28.5 Å². The molecule has 0 unspecified atom stereocenters. The summed E-state index contributed by atoms with van der Waals surface area (Å²) in [4.78, 5) is 22.6. The third kappa shape index (κ3) is 4.49. The lowest BCUT2D eigenvalue weighted by molar-refractivity contribution is 0.513. The van der Waals surface area contributed by atoms with Crippen molar-refractivity contribution in [1.29, 1.82) is 0 Å². The Labute approximate surface area is 208 Å². The summed E-state index contributed by atoms with van der Waals surface area (Å²) in [6, 6.07) is 9.90. The zero-order valence-corrected chi connectivity index (χ0v) is 20.7. The average Bonchev–Trinajstić information content (AvgIpc) is 3.62. The predicted octanol–water partition coefficient (Wildman–Crippen LogP) is 3.73. The maximum atomic E-state index is 13.7. The van der Waals surface area contributed by atoms with E-state index < -0.39 is 0 Å². The summed E-state index contributed by atoms with van der Waals surface area (Å²) in [7, 11) is 0. The highest BCUT2D eigenvalue weighted by atomic mass is 16.1. The van der Waals surface area contributed by atoms with Crippen molar-refractivity contribution in [2.45, 2.75) is 46.7 Å².